The summed E-state index contributed by atoms with van der Waals surface area (Å²) in [5.74, 6) is -0.0326. The van der Waals surface area contributed by atoms with Gasteiger partial charge in [0.15, 0.2) is 0 Å². The Hall–Kier alpha value is -2.25. The van der Waals surface area contributed by atoms with Crippen LogP contribution in [0, 0.1) is 0 Å². The number of methoxy groups -OCH3 is 1. The summed E-state index contributed by atoms with van der Waals surface area (Å²) in [6.45, 7) is 0. The highest BCUT2D eigenvalue weighted by Crippen LogP contribution is 2.28. The third-order valence-electron chi connectivity index (χ3n) is 3.06. The molecule has 0 bridgehead atoms. The molecule has 1 amide bonds. The van der Waals surface area contributed by atoms with Gasteiger partial charge < -0.3 is 10.1 Å². The summed E-state index contributed by atoms with van der Waals surface area (Å²) in [6, 6.07) is 10.2. The summed E-state index contributed by atoms with van der Waals surface area (Å²) in [5.41, 5.74) is 0.477. The average Bonchev–Trinajstić information content (AvgIpc) is 2.54. The van der Waals surface area contributed by atoms with Gasteiger partial charge in [-0.3, -0.25) is 9.52 Å². The summed E-state index contributed by atoms with van der Waals surface area (Å²) < 4.78 is 32.4. The Morgan fingerprint density at radius 1 is 1.13 bits per heavy atom. The average molecular weight is 355 g/mol. The first-order chi connectivity index (χ1) is 10.9. The van der Waals surface area contributed by atoms with E-state index in [0.717, 1.165) is 0 Å². The van der Waals surface area contributed by atoms with Gasteiger partial charge in [-0.05, 0) is 42.5 Å². The fourth-order valence-corrected chi connectivity index (χ4v) is 3.08. The molecule has 8 heteroatoms. The lowest BCUT2D eigenvalue weighted by molar-refractivity contribution is 0.0963. The van der Waals surface area contributed by atoms with E-state index >= 15 is 0 Å². The first-order valence-electron chi connectivity index (χ1n) is 6.56. The third-order valence-corrected chi connectivity index (χ3v) is 4.69. The molecule has 0 saturated carbocycles. The SMILES string of the molecule is CNC(=O)c1ccc(OC)c(NS(=O)(=O)c2ccc(Cl)cc2)c1. The molecule has 0 saturated heterocycles. The number of amides is 1. The van der Waals surface area contributed by atoms with Crippen LogP contribution in [-0.4, -0.2) is 28.5 Å². The summed E-state index contributed by atoms with van der Waals surface area (Å²) in [4.78, 5) is 11.7. The second kappa shape index (κ2) is 6.89. The fourth-order valence-electron chi connectivity index (χ4n) is 1.89. The van der Waals surface area contributed by atoms with Gasteiger partial charge in [-0.1, -0.05) is 11.6 Å². The normalized spacial score (nSPS) is 10.9. The lowest BCUT2D eigenvalue weighted by atomic mass is 10.2. The van der Waals surface area contributed by atoms with E-state index in [0.29, 0.717) is 16.3 Å². The monoisotopic (exact) mass is 354 g/mol. The highest BCUT2D eigenvalue weighted by atomic mass is 35.5. The van der Waals surface area contributed by atoms with Gasteiger partial charge in [-0.15, -0.1) is 0 Å². The number of carbonyl (C=O) groups is 1. The number of hydrogen-bond acceptors (Lipinski definition) is 4. The smallest absolute Gasteiger partial charge is 0.262 e. The molecule has 0 aliphatic carbocycles. The molecule has 0 aromatic heterocycles. The predicted octanol–water partition coefficient (Wildman–Crippen LogP) is 2.51. The number of ether oxygens (including phenoxy) is 1. The predicted molar refractivity (Wildman–Crippen MR) is 88.6 cm³/mol. The van der Waals surface area contributed by atoms with Crippen LogP contribution in [0.15, 0.2) is 47.4 Å². The quantitative estimate of drug-likeness (QED) is 0.864. The van der Waals surface area contributed by atoms with E-state index in [-0.39, 0.29) is 16.5 Å². The van der Waals surface area contributed by atoms with E-state index in [1.807, 2.05) is 0 Å². The minimum Gasteiger partial charge on any atom is -0.495 e. The Balaban J connectivity index is 2.41. The highest BCUT2D eigenvalue weighted by Gasteiger charge is 2.18. The van der Waals surface area contributed by atoms with Crippen LogP contribution >= 0.6 is 11.6 Å². The van der Waals surface area contributed by atoms with E-state index in [2.05, 4.69) is 10.0 Å². The van der Waals surface area contributed by atoms with Crippen molar-refractivity contribution in [1.29, 1.82) is 0 Å². The molecule has 2 rings (SSSR count). The van der Waals surface area contributed by atoms with Crippen LogP contribution < -0.4 is 14.8 Å². The largest absolute Gasteiger partial charge is 0.495 e. The van der Waals surface area contributed by atoms with Gasteiger partial charge in [0.05, 0.1) is 17.7 Å². The molecule has 0 radical (unpaired) electrons. The Bertz CT molecular complexity index is 820. The number of anilines is 1. The molecule has 2 N–H and O–H groups in total. The van der Waals surface area contributed by atoms with Crippen LogP contribution in [0.1, 0.15) is 10.4 Å². The molecule has 0 spiro atoms. The third kappa shape index (κ3) is 3.94. The molecule has 2 aromatic carbocycles. The lowest BCUT2D eigenvalue weighted by Crippen LogP contribution is -2.19. The molecule has 0 atom stereocenters. The van der Waals surface area contributed by atoms with Crippen LogP contribution in [0.4, 0.5) is 5.69 Å². The number of hydrogen-bond donors (Lipinski definition) is 2. The highest BCUT2D eigenvalue weighted by molar-refractivity contribution is 7.92. The lowest BCUT2D eigenvalue weighted by Gasteiger charge is -2.13. The van der Waals surface area contributed by atoms with E-state index < -0.39 is 10.0 Å². The van der Waals surface area contributed by atoms with Crippen LogP contribution in [0.3, 0.4) is 0 Å². The second-order valence-electron chi connectivity index (χ2n) is 4.55. The molecule has 122 valence electrons. The van der Waals surface area contributed by atoms with Crippen LogP contribution in [-0.2, 0) is 10.0 Å². The minimum absolute atomic E-state index is 0.0503. The van der Waals surface area contributed by atoms with Gasteiger partial charge in [0.25, 0.3) is 15.9 Å². The molecule has 0 aliphatic heterocycles. The van der Waals surface area contributed by atoms with Crippen molar-refractivity contribution in [2.24, 2.45) is 0 Å². The van der Waals surface area contributed by atoms with Crippen LogP contribution in [0.5, 0.6) is 5.75 Å². The summed E-state index contributed by atoms with van der Waals surface area (Å²) in [7, 11) is -0.930. The van der Waals surface area contributed by atoms with Crippen molar-refractivity contribution < 1.29 is 17.9 Å². The van der Waals surface area contributed by atoms with Crippen molar-refractivity contribution in [2.75, 3.05) is 18.9 Å². The molecular weight excluding hydrogens is 340 g/mol. The summed E-state index contributed by atoms with van der Waals surface area (Å²) in [6.07, 6.45) is 0. The van der Waals surface area contributed by atoms with Crippen molar-refractivity contribution in [3.63, 3.8) is 0 Å². The number of halogens is 1. The van der Waals surface area contributed by atoms with Gasteiger partial charge in [0.1, 0.15) is 5.75 Å². The van der Waals surface area contributed by atoms with Gasteiger partial charge in [0, 0.05) is 17.6 Å². The van der Waals surface area contributed by atoms with E-state index in [1.165, 1.54) is 56.6 Å². The number of benzene rings is 2. The van der Waals surface area contributed by atoms with Crippen molar-refractivity contribution in [3.8, 4) is 5.75 Å². The maximum atomic E-state index is 12.4. The van der Waals surface area contributed by atoms with Gasteiger partial charge in [-0.2, -0.15) is 0 Å². The number of sulfonamides is 1. The molecular formula is C15H15ClN2O4S. The standard InChI is InChI=1S/C15H15ClN2O4S/c1-17-15(19)10-3-8-14(22-2)13(9-10)18-23(20,21)12-6-4-11(16)5-7-12/h3-9,18H,1-2H3,(H,17,19). The van der Waals surface area contributed by atoms with E-state index in [1.54, 1.807) is 0 Å². The maximum absolute atomic E-state index is 12.4. The Morgan fingerprint density at radius 3 is 2.35 bits per heavy atom. The number of rotatable bonds is 5. The Labute approximate surface area is 139 Å². The van der Waals surface area contributed by atoms with Crippen LogP contribution in [0.25, 0.3) is 0 Å². The second-order valence-corrected chi connectivity index (χ2v) is 6.67. The molecule has 6 nitrogen and oxygen atoms in total. The maximum Gasteiger partial charge on any atom is 0.262 e. The van der Waals surface area contributed by atoms with Crippen molar-refractivity contribution in [2.45, 2.75) is 4.90 Å². The first kappa shape index (κ1) is 17.1. The summed E-state index contributed by atoms with van der Waals surface area (Å²) in [5, 5.41) is 2.91. The van der Waals surface area contributed by atoms with Crippen LogP contribution in [0.2, 0.25) is 5.02 Å². The zero-order chi connectivity index (χ0) is 17.0. The van der Waals surface area contributed by atoms with Crippen molar-refractivity contribution in [3.05, 3.63) is 53.1 Å². The zero-order valence-electron chi connectivity index (χ0n) is 12.5. The molecule has 0 fully saturated rings. The van der Waals surface area contributed by atoms with Gasteiger partial charge >= 0.3 is 0 Å². The minimum atomic E-state index is -3.83. The van der Waals surface area contributed by atoms with Crippen molar-refractivity contribution in [1.82, 2.24) is 5.32 Å². The van der Waals surface area contributed by atoms with Crippen molar-refractivity contribution >= 4 is 33.2 Å². The van der Waals surface area contributed by atoms with Gasteiger partial charge in [-0.25, -0.2) is 8.42 Å². The molecule has 23 heavy (non-hydrogen) atoms. The van der Waals surface area contributed by atoms with E-state index in [9.17, 15) is 13.2 Å². The Kier molecular flexibility index (Phi) is 5.12. The fraction of sp³-hybridized carbons (Fsp3) is 0.133. The summed E-state index contributed by atoms with van der Waals surface area (Å²) >= 11 is 5.76. The van der Waals surface area contributed by atoms with Gasteiger partial charge in [0.2, 0.25) is 0 Å². The number of nitrogens with one attached hydrogen (secondary N) is 2. The molecule has 2 aromatic rings. The molecule has 0 unspecified atom stereocenters. The Morgan fingerprint density at radius 2 is 1.78 bits per heavy atom. The van der Waals surface area contributed by atoms with E-state index in [4.69, 9.17) is 16.3 Å². The number of carbonyl (C=O) groups excluding carboxylic acids is 1. The molecule has 0 aliphatic rings. The first-order valence-corrected chi connectivity index (χ1v) is 8.42. The zero-order valence-corrected chi connectivity index (χ0v) is 14.0. The topological polar surface area (TPSA) is 84.5 Å². The molecule has 0 heterocycles.